The third-order valence-electron chi connectivity index (χ3n) is 1.37. The second kappa shape index (κ2) is 5.05. The monoisotopic (exact) mass is 465 g/mol. The molecule has 0 aliphatic carbocycles. The molecule has 0 saturated heterocycles. The third-order valence-corrected chi connectivity index (χ3v) is 4.95. The average Bonchev–Trinajstić information content (AvgIpc) is 2.06. The number of ether oxygens (including phenoxy) is 1. The third kappa shape index (κ3) is 4.10. The fourth-order valence-corrected chi connectivity index (χ4v) is 5.19. The molecule has 1 aromatic rings. The summed E-state index contributed by atoms with van der Waals surface area (Å²) in [6, 6.07) is 0. The minimum Gasteiger partial charge on any atom is -0.403 e. The summed E-state index contributed by atoms with van der Waals surface area (Å²) in [4.78, 5) is 2.89. The lowest BCUT2D eigenvalue weighted by atomic mass is 10.5. The van der Waals surface area contributed by atoms with Gasteiger partial charge in [-0.1, -0.05) is 0 Å². The zero-order chi connectivity index (χ0) is 13.4. The number of alkyl halides is 3. The van der Waals surface area contributed by atoms with Gasteiger partial charge in [0, 0.05) is 10.7 Å². The van der Waals surface area contributed by atoms with E-state index in [0.717, 1.165) is 6.20 Å². The number of rotatable bonds is 2. The first-order chi connectivity index (χ1) is 7.52. The van der Waals surface area contributed by atoms with Crippen LogP contribution >= 0.6 is 49.2 Å². The van der Waals surface area contributed by atoms with Gasteiger partial charge in [0.2, 0.25) is 0 Å². The second-order valence-corrected chi connectivity index (χ2v) is 6.86. The highest BCUT2D eigenvalue weighted by atomic mass is 127. The normalized spacial score (nSPS) is 12.6. The predicted molar refractivity (Wildman–Crippen MR) is 64.4 cm³/mol. The summed E-state index contributed by atoms with van der Waals surface area (Å²) in [6.45, 7) is 0. The van der Waals surface area contributed by atoms with Gasteiger partial charge in [0.05, 0.1) is 10.7 Å². The smallest absolute Gasteiger partial charge is 0.403 e. The van der Waals surface area contributed by atoms with Crippen LogP contribution in [0, 0.1) is 3.70 Å². The Morgan fingerprint density at radius 3 is 2.41 bits per heavy atom. The molecule has 0 amide bonds. The number of hydrogen-bond acceptors (Lipinski definition) is 4. The summed E-state index contributed by atoms with van der Waals surface area (Å²) in [5.41, 5.74) is 0. The van der Waals surface area contributed by atoms with Crippen molar-refractivity contribution in [2.24, 2.45) is 0 Å². The van der Waals surface area contributed by atoms with Gasteiger partial charge in [-0.2, -0.15) is 0 Å². The Morgan fingerprint density at radius 2 is 2.00 bits per heavy atom. The minimum absolute atomic E-state index is 0.0704. The van der Waals surface area contributed by atoms with Crippen LogP contribution in [0.2, 0.25) is 0 Å². The van der Waals surface area contributed by atoms with Crippen molar-refractivity contribution < 1.29 is 26.3 Å². The number of hydrogen-bond donors (Lipinski definition) is 0. The molecule has 0 fully saturated rings. The van der Waals surface area contributed by atoms with E-state index in [9.17, 15) is 21.6 Å². The van der Waals surface area contributed by atoms with Gasteiger partial charge >= 0.3 is 6.36 Å². The summed E-state index contributed by atoms with van der Waals surface area (Å²) < 4.78 is 61.4. The van der Waals surface area contributed by atoms with Crippen molar-refractivity contribution in [2.45, 2.75) is 11.3 Å². The zero-order valence-corrected chi connectivity index (χ0v) is 12.7. The molecule has 1 heterocycles. The highest BCUT2D eigenvalue weighted by Gasteiger charge is 2.34. The molecule has 17 heavy (non-hydrogen) atoms. The van der Waals surface area contributed by atoms with E-state index in [-0.39, 0.29) is 3.70 Å². The molecule has 96 valence electrons. The molecule has 0 N–H and O–H groups in total. The molecule has 1 rings (SSSR count). The molecule has 0 bridgehead atoms. The number of pyridine rings is 1. The maximum atomic E-state index is 12.0. The van der Waals surface area contributed by atoms with E-state index in [1.165, 1.54) is 22.6 Å². The highest BCUT2D eigenvalue weighted by Crippen LogP contribution is 2.37. The standard InChI is InChI=1S/C6HBrClF3INO3S/c7-3-2(16-6(9,10)11)1-13-5(12)4(3)17(8,14)15/h1H. The summed E-state index contributed by atoms with van der Waals surface area (Å²) >= 11 is 4.21. The Hall–Kier alpha value is 0.190. The van der Waals surface area contributed by atoms with E-state index < -0.39 is 30.5 Å². The zero-order valence-electron chi connectivity index (χ0n) is 7.43. The second-order valence-electron chi connectivity index (χ2n) is 2.54. The van der Waals surface area contributed by atoms with Crippen LogP contribution in [0.3, 0.4) is 0 Å². The molecular weight excluding hydrogens is 465 g/mol. The number of nitrogens with zero attached hydrogens (tertiary/aromatic N) is 1. The molecular formula is C6HBrClF3INO3S. The average molecular weight is 466 g/mol. The van der Waals surface area contributed by atoms with Crippen molar-refractivity contribution in [3.05, 3.63) is 14.4 Å². The lowest BCUT2D eigenvalue weighted by Gasteiger charge is -2.12. The largest absolute Gasteiger partial charge is 0.573 e. The lowest BCUT2D eigenvalue weighted by Crippen LogP contribution is -2.18. The van der Waals surface area contributed by atoms with Gasteiger partial charge in [-0.25, -0.2) is 13.4 Å². The fraction of sp³-hybridized carbons (Fsp3) is 0.167. The fourth-order valence-electron chi connectivity index (χ4n) is 0.837. The number of halogens is 6. The minimum atomic E-state index is -4.95. The van der Waals surface area contributed by atoms with E-state index in [2.05, 4.69) is 25.7 Å². The summed E-state index contributed by atoms with van der Waals surface area (Å²) in [7, 11) is 0.839. The van der Waals surface area contributed by atoms with Gasteiger partial charge < -0.3 is 4.74 Å². The Morgan fingerprint density at radius 1 is 1.47 bits per heavy atom. The molecule has 0 spiro atoms. The van der Waals surface area contributed by atoms with Gasteiger partial charge in [0.15, 0.2) is 5.75 Å². The maximum Gasteiger partial charge on any atom is 0.573 e. The van der Waals surface area contributed by atoms with Crippen LogP contribution in [0.25, 0.3) is 0 Å². The maximum absolute atomic E-state index is 12.0. The van der Waals surface area contributed by atoms with Gasteiger partial charge in [-0.3, -0.25) is 0 Å². The van der Waals surface area contributed by atoms with Crippen molar-refractivity contribution in [3.8, 4) is 5.75 Å². The molecule has 0 radical (unpaired) electrons. The van der Waals surface area contributed by atoms with Crippen LogP contribution in [0.4, 0.5) is 13.2 Å². The van der Waals surface area contributed by atoms with Gasteiger partial charge in [0.1, 0.15) is 8.60 Å². The summed E-state index contributed by atoms with van der Waals surface area (Å²) in [6.07, 6.45) is -4.21. The molecule has 1 aromatic heterocycles. The van der Waals surface area contributed by atoms with Gasteiger partial charge in [0.25, 0.3) is 9.05 Å². The Balaban J connectivity index is 3.40. The van der Waals surface area contributed by atoms with Crippen LogP contribution in [0.15, 0.2) is 15.6 Å². The van der Waals surface area contributed by atoms with Crippen molar-refractivity contribution in [2.75, 3.05) is 0 Å². The summed E-state index contributed by atoms with van der Waals surface area (Å²) in [5, 5.41) is 0. The van der Waals surface area contributed by atoms with E-state index in [1.54, 1.807) is 0 Å². The topological polar surface area (TPSA) is 56.3 Å². The first-order valence-electron chi connectivity index (χ1n) is 3.57. The van der Waals surface area contributed by atoms with E-state index in [4.69, 9.17) is 10.7 Å². The predicted octanol–water partition coefficient (Wildman–Crippen LogP) is 3.27. The van der Waals surface area contributed by atoms with Gasteiger partial charge in [-0.05, 0) is 38.5 Å². The van der Waals surface area contributed by atoms with Crippen molar-refractivity contribution in [1.29, 1.82) is 0 Å². The quantitative estimate of drug-likeness (QED) is 0.382. The summed E-state index contributed by atoms with van der Waals surface area (Å²) in [5.74, 6) is -0.780. The molecule has 0 aliphatic rings. The molecule has 11 heteroatoms. The van der Waals surface area contributed by atoms with E-state index in [0.29, 0.717) is 0 Å². The Labute approximate surface area is 120 Å². The highest BCUT2D eigenvalue weighted by molar-refractivity contribution is 14.1. The number of aromatic nitrogens is 1. The lowest BCUT2D eigenvalue weighted by molar-refractivity contribution is -0.275. The van der Waals surface area contributed by atoms with Crippen LogP contribution < -0.4 is 4.74 Å². The first kappa shape index (κ1) is 15.2. The molecule has 0 aliphatic heterocycles. The molecule has 4 nitrogen and oxygen atoms in total. The van der Waals surface area contributed by atoms with Crippen LogP contribution in [0.1, 0.15) is 0 Å². The molecule has 0 atom stereocenters. The SMILES string of the molecule is O=S(=O)(Cl)c1c(I)ncc(OC(F)(F)F)c1Br. The van der Waals surface area contributed by atoms with Crippen molar-refractivity contribution in [3.63, 3.8) is 0 Å². The molecule has 0 unspecified atom stereocenters. The Bertz CT molecular complexity index is 550. The van der Waals surface area contributed by atoms with E-state index in [1.807, 2.05) is 0 Å². The Kier molecular flexibility index (Phi) is 4.53. The van der Waals surface area contributed by atoms with Crippen molar-refractivity contribution in [1.82, 2.24) is 4.98 Å². The van der Waals surface area contributed by atoms with Crippen LogP contribution in [-0.2, 0) is 9.05 Å². The van der Waals surface area contributed by atoms with Crippen LogP contribution in [-0.4, -0.2) is 19.8 Å². The van der Waals surface area contributed by atoms with E-state index >= 15 is 0 Å². The van der Waals surface area contributed by atoms with Crippen molar-refractivity contribution >= 4 is 58.3 Å². The molecule has 0 saturated carbocycles. The van der Waals surface area contributed by atoms with Gasteiger partial charge in [-0.15, -0.1) is 13.2 Å². The molecule has 0 aromatic carbocycles. The first-order valence-corrected chi connectivity index (χ1v) is 7.75. The van der Waals surface area contributed by atoms with Crippen LogP contribution in [0.5, 0.6) is 5.75 Å².